The predicted molar refractivity (Wildman–Crippen MR) is 96.3 cm³/mol. The van der Waals surface area contributed by atoms with Crippen LogP contribution in [-0.4, -0.2) is 38.4 Å². The fourth-order valence-electron chi connectivity index (χ4n) is 2.37. The number of hydrogen-bond donors (Lipinski definition) is 1. The van der Waals surface area contributed by atoms with E-state index in [2.05, 4.69) is 14.8 Å². The normalized spacial score (nSPS) is 11.3. The van der Waals surface area contributed by atoms with Crippen molar-refractivity contribution in [2.45, 2.75) is 13.0 Å². The van der Waals surface area contributed by atoms with Gasteiger partial charge >= 0.3 is 18.6 Å². The van der Waals surface area contributed by atoms with Crippen LogP contribution >= 0.6 is 34.5 Å². The van der Waals surface area contributed by atoms with Crippen molar-refractivity contribution in [2.75, 3.05) is 0 Å². The quantitative estimate of drug-likeness (QED) is 0.427. The lowest BCUT2D eigenvalue weighted by atomic mass is 10.1. The summed E-state index contributed by atoms with van der Waals surface area (Å²) in [5.74, 6) is -3.89. The van der Waals surface area contributed by atoms with Gasteiger partial charge in [0.25, 0.3) is 5.19 Å². The molecule has 29 heavy (non-hydrogen) atoms. The smallest absolute Gasteiger partial charge is 0.388 e. The maximum Gasteiger partial charge on any atom is 0.388 e. The van der Waals surface area contributed by atoms with Crippen LogP contribution in [0.2, 0.25) is 10.0 Å². The van der Waals surface area contributed by atoms with Gasteiger partial charge in [0.2, 0.25) is 5.88 Å². The number of thiazole rings is 1. The second kappa shape index (κ2) is 8.05. The van der Waals surface area contributed by atoms with Crippen molar-refractivity contribution < 1.29 is 37.3 Å². The maximum atomic E-state index is 14.7. The molecule has 2 heterocycles. The first kappa shape index (κ1) is 21.1. The Morgan fingerprint density at radius 3 is 2.69 bits per heavy atom. The Morgan fingerprint density at radius 2 is 2.07 bits per heavy atom. The van der Waals surface area contributed by atoms with Crippen LogP contribution in [0.4, 0.5) is 13.2 Å². The Labute approximate surface area is 173 Å². The number of aryl methyl sites for hydroxylation is 1. The number of halogens is 5. The number of aromatic nitrogens is 3. The van der Waals surface area contributed by atoms with Gasteiger partial charge in [0, 0.05) is 7.05 Å². The van der Waals surface area contributed by atoms with Crippen molar-refractivity contribution in [3.63, 3.8) is 0 Å². The van der Waals surface area contributed by atoms with Crippen LogP contribution in [0.3, 0.4) is 0 Å². The summed E-state index contributed by atoms with van der Waals surface area (Å²) >= 11 is 12.7. The van der Waals surface area contributed by atoms with Gasteiger partial charge in [-0.1, -0.05) is 34.5 Å². The molecule has 0 radical (unpaired) electrons. The molecule has 0 bridgehead atoms. The van der Waals surface area contributed by atoms with Crippen molar-refractivity contribution in [1.82, 2.24) is 14.8 Å². The molecule has 0 aliphatic carbocycles. The lowest BCUT2D eigenvalue weighted by molar-refractivity contribution is -0.145. The van der Waals surface area contributed by atoms with Gasteiger partial charge < -0.3 is 14.6 Å². The highest BCUT2D eigenvalue weighted by Crippen LogP contribution is 2.44. The van der Waals surface area contributed by atoms with Crippen LogP contribution in [0, 0.1) is 5.82 Å². The molecule has 3 aromatic rings. The number of carbonyl (C=O) groups is 2. The topological polar surface area (TPSA) is 104 Å². The molecule has 0 aliphatic rings. The second-order valence-corrected chi connectivity index (χ2v) is 7.13. The van der Waals surface area contributed by atoms with Gasteiger partial charge in [0.1, 0.15) is 28.5 Å². The maximum absolute atomic E-state index is 14.7. The van der Waals surface area contributed by atoms with E-state index in [-0.39, 0.29) is 36.7 Å². The molecule has 0 fully saturated rings. The summed E-state index contributed by atoms with van der Waals surface area (Å²) in [5.41, 5.74) is -0.438. The Hall–Kier alpha value is -2.57. The SMILES string of the molecule is Cn1nc(-c2c(F)cc(Cl)c3nc(OC(=O)CC(=O)O)sc23)c(Cl)c1OC(F)F. The van der Waals surface area contributed by atoms with Gasteiger partial charge in [0.15, 0.2) is 0 Å². The standard InChI is InChI=1S/C15H8Cl2F3N3O5S/c1-23-13(28-14(19)20)9(17)11(22-23)8-5(18)2-4(16)10-12(8)29-15(21-10)27-7(26)3-6(24)25/h2,14H,3H2,1H3,(H,24,25). The van der Waals surface area contributed by atoms with E-state index in [1.54, 1.807) is 0 Å². The average molecular weight is 470 g/mol. The zero-order chi connectivity index (χ0) is 21.5. The molecular weight excluding hydrogens is 462 g/mol. The number of rotatable bonds is 6. The van der Waals surface area contributed by atoms with Gasteiger partial charge in [-0.2, -0.15) is 13.9 Å². The van der Waals surface area contributed by atoms with Crippen LogP contribution < -0.4 is 9.47 Å². The summed E-state index contributed by atoms with van der Waals surface area (Å²) in [4.78, 5) is 26.1. The first-order valence-electron chi connectivity index (χ1n) is 7.47. The van der Waals surface area contributed by atoms with Gasteiger partial charge in [-0.3, -0.25) is 9.59 Å². The van der Waals surface area contributed by atoms with Gasteiger partial charge in [-0.25, -0.2) is 14.1 Å². The molecule has 1 aromatic carbocycles. The number of alkyl halides is 2. The number of carboxylic acid groups (broad SMARTS) is 1. The molecule has 2 aromatic heterocycles. The highest BCUT2D eigenvalue weighted by molar-refractivity contribution is 7.21. The van der Waals surface area contributed by atoms with Crippen LogP contribution in [0.25, 0.3) is 21.5 Å². The van der Waals surface area contributed by atoms with Gasteiger partial charge in [-0.15, -0.1) is 0 Å². The van der Waals surface area contributed by atoms with E-state index in [1.807, 2.05) is 0 Å². The van der Waals surface area contributed by atoms with E-state index in [4.69, 9.17) is 33.0 Å². The van der Waals surface area contributed by atoms with Crippen LogP contribution in [-0.2, 0) is 16.6 Å². The molecule has 0 spiro atoms. The summed E-state index contributed by atoms with van der Waals surface area (Å²) in [7, 11) is 1.27. The Kier molecular flexibility index (Phi) is 5.87. The van der Waals surface area contributed by atoms with Crippen LogP contribution in [0.1, 0.15) is 6.42 Å². The lowest BCUT2D eigenvalue weighted by Gasteiger charge is -2.04. The summed E-state index contributed by atoms with van der Waals surface area (Å²) in [6, 6.07) is 0.903. The van der Waals surface area contributed by atoms with Gasteiger partial charge in [0.05, 0.1) is 15.3 Å². The molecular formula is C15H8Cl2F3N3O5S. The number of carboxylic acids is 1. The molecule has 0 saturated carbocycles. The van der Waals surface area contributed by atoms with Crippen molar-refractivity contribution in [1.29, 1.82) is 0 Å². The average Bonchev–Trinajstić information content (AvgIpc) is 3.11. The number of ether oxygens (including phenoxy) is 2. The third-order valence-corrected chi connectivity index (χ3v) is 5.01. The van der Waals surface area contributed by atoms with Crippen molar-refractivity contribution >= 4 is 56.7 Å². The largest absolute Gasteiger partial charge is 0.481 e. The van der Waals surface area contributed by atoms with E-state index in [0.29, 0.717) is 11.3 Å². The minimum atomic E-state index is -3.19. The van der Waals surface area contributed by atoms with Crippen molar-refractivity contribution in [3.05, 3.63) is 21.9 Å². The molecule has 0 amide bonds. The zero-order valence-electron chi connectivity index (χ0n) is 14.1. The number of aliphatic carboxylic acids is 1. The summed E-state index contributed by atoms with van der Waals surface area (Å²) in [5, 5.41) is 11.7. The molecule has 14 heteroatoms. The van der Waals surface area contributed by atoms with Crippen LogP contribution in [0.5, 0.6) is 11.1 Å². The Bertz CT molecular complexity index is 1130. The highest BCUT2D eigenvalue weighted by Gasteiger charge is 2.27. The van der Waals surface area contributed by atoms with E-state index in [9.17, 15) is 22.8 Å². The number of carbonyl (C=O) groups excluding carboxylic acids is 1. The molecule has 0 atom stereocenters. The lowest BCUT2D eigenvalue weighted by Crippen LogP contribution is -2.12. The van der Waals surface area contributed by atoms with Crippen molar-refractivity contribution in [2.24, 2.45) is 7.05 Å². The Balaban J connectivity index is 2.14. The number of benzene rings is 1. The minimum Gasteiger partial charge on any atom is -0.481 e. The third-order valence-electron chi connectivity index (χ3n) is 3.43. The molecule has 0 saturated heterocycles. The minimum absolute atomic E-state index is 0.0178. The molecule has 8 nitrogen and oxygen atoms in total. The summed E-state index contributed by atoms with van der Waals surface area (Å²) in [6.07, 6.45) is -0.911. The Morgan fingerprint density at radius 1 is 1.38 bits per heavy atom. The highest BCUT2D eigenvalue weighted by atomic mass is 35.5. The number of esters is 1. The van der Waals surface area contributed by atoms with E-state index in [1.165, 1.54) is 7.05 Å². The first-order chi connectivity index (χ1) is 13.6. The molecule has 0 aliphatic heterocycles. The second-order valence-electron chi connectivity index (χ2n) is 5.39. The van der Waals surface area contributed by atoms with Crippen molar-refractivity contribution in [3.8, 4) is 22.3 Å². The summed E-state index contributed by atoms with van der Waals surface area (Å²) < 4.78 is 50.0. The fraction of sp³-hybridized carbons (Fsp3) is 0.200. The summed E-state index contributed by atoms with van der Waals surface area (Å²) in [6.45, 7) is -3.19. The van der Waals surface area contributed by atoms with E-state index < -0.39 is 36.7 Å². The molecule has 0 unspecified atom stereocenters. The third kappa shape index (κ3) is 4.23. The fourth-order valence-corrected chi connectivity index (χ4v) is 3.95. The number of nitrogens with zero attached hydrogens (tertiary/aromatic N) is 3. The molecule has 1 N–H and O–H groups in total. The molecule has 3 rings (SSSR count). The predicted octanol–water partition coefficient (Wildman–Crippen LogP) is 4.12. The monoisotopic (exact) mass is 469 g/mol. The zero-order valence-corrected chi connectivity index (χ0v) is 16.4. The number of fused-ring (bicyclic) bond motifs is 1. The number of hydrogen-bond acceptors (Lipinski definition) is 7. The van der Waals surface area contributed by atoms with E-state index in [0.717, 1.165) is 10.7 Å². The van der Waals surface area contributed by atoms with Gasteiger partial charge in [-0.05, 0) is 6.07 Å². The van der Waals surface area contributed by atoms with E-state index >= 15 is 0 Å². The van der Waals surface area contributed by atoms with Crippen LogP contribution in [0.15, 0.2) is 6.07 Å². The first-order valence-corrected chi connectivity index (χ1v) is 9.04. The molecule has 154 valence electrons.